The second-order valence-electron chi connectivity index (χ2n) is 4.16. The number of hydrogen-bond acceptors (Lipinski definition) is 2. The maximum absolute atomic E-state index is 13.5. The van der Waals surface area contributed by atoms with Crippen LogP contribution in [0.15, 0.2) is 36.4 Å². The van der Waals surface area contributed by atoms with E-state index in [1.165, 1.54) is 18.2 Å². The van der Waals surface area contributed by atoms with E-state index in [0.29, 0.717) is 16.3 Å². The molecule has 1 atom stereocenters. The molecule has 1 unspecified atom stereocenters. The predicted molar refractivity (Wildman–Crippen MR) is 69.0 cm³/mol. The number of hydrogen-bond donors (Lipinski definition) is 1. The third-order valence-electron chi connectivity index (χ3n) is 2.67. The molecule has 0 amide bonds. The molecule has 0 fully saturated rings. The number of aliphatic hydroxyl groups excluding tert-OH is 1. The van der Waals surface area contributed by atoms with Gasteiger partial charge in [-0.05, 0) is 42.8 Å². The number of aromatic nitrogens is 1. The lowest BCUT2D eigenvalue weighted by Gasteiger charge is -2.11. The second kappa shape index (κ2) is 5.46. The number of benzene rings is 1. The van der Waals surface area contributed by atoms with Crippen LogP contribution in [0.4, 0.5) is 4.39 Å². The molecule has 18 heavy (non-hydrogen) atoms. The Balaban J connectivity index is 2.21. The number of halogens is 2. The summed E-state index contributed by atoms with van der Waals surface area (Å²) in [6.45, 7) is 1.84. The molecule has 0 saturated carbocycles. The highest BCUT2D eigenvalue weighted by atomic mass is 35.5. The maximum atomic E-state index is 13.5. The first-order valence-corrected chi connectivity index (χ1v) is 5.99. The summed E-state index contributed by atoms with van der Waals surface area (Å²) in [5.74, 6) is -0.369. The van der Waals surface area contributed by atoms with E-state index >= 15 is 0 Å². The van der Waals surface area contributed by atoms with Gasteiger partial charge in [0, 0.05) is 17.1 Å². The first-order valence-electron chi connectivity index (χ1n) is 5.62. The largest absolute Gasteiger partial charge is 0.386 e. The van der Waals surface area contributed by atoms with E-state index in [9.17, 15) is 9.50 Å². The average molecular weight is 266 g/mol. The Kier molecular flexibility index (Phi) is 3.94. The zero-order valence-electron chi connectivity index (χ0n) is 9.90. The Morgan fingerprint density at radius 3 is 2.83 bits per heavy atom. The molecular formula is C14H13ClFNO. The molecule has 0 aliphatic rings. The van der Waals surface area contributed by atoms with Crippen molar-refractivity contribution in [1.29, 1.82) is 0 Å². The van der Waals surface area contributed by atoms with Gasteiger partial charge >= 0.3 is 0 Å². The summed E-state index contributed by atoms with van der Waals surface area (Å²) in [7, 11) is 0. The summed E-state index contributed by atoms with van der Waals surface area (Å²) in [5, 5.41) is 10.5. The average Bonchev–Trinajstić information content (AvgIpc) is 2.34. The highest BCUT2D eigenvalue weighted by molar-refractivity contribution is 6.30. The molecule has 4 heteroatoms. The van der Waals surface area contributed by atoms with E-state index < -0.39 is 6.10 Å². The second-order valence-corrected chi connectivity index (χ2v) is 4.60. The number of nitrogens with zero attached hydrogens (tertiary/aromatic N) is 1. The van der Waals surface area contributed by atoms with E-state index in [4.69, 9.17) is 11.6 Å². The van der Waals surface area contributed by atoms with Crippen LogP contribution in [0, 0.1) is 12.7 Å². The van der Waals surface area contributed by atoms with Crippen molar-refractivity contribution in [2.75, 3.05) is 0 Å². The van der Waals surface area contributed by atoms with Gasteiger partial charge in [-0.25, -0.2) is 4.39 Å². The molecule has 0 radical (unpaired) electrons. The maximum Gasteiger partial charge on any atom is 0.126 e. The Morgan fingerprint density at radius 1 is 1.33 bits per heavy atom. The Morgan fingerprint density at radius 2 is 2.11 bits per heavy atom. The van der Waals surface area contributed by atoms with Gasteiger partial charge in [0.15, 0.2) is 0 Å². The summed E-state index contributed by atoms with van der Waals surface area (Å²) >= 11 is 5.81. The van der Waals surface area contributed by atoms with Gasteiger partial charge in [-0.3, -0.25) is 4.98 Å². The fraction of sp³-hybridized carbons (Fsp3) is 0.214. The normalized spacial score (nSPS) is 12.4. The Bertz CT molecular complexity index is 559. The summed E-state index contributed by atoms with van der Waals surface area (Å²) in [5.41, 5.74) is 1.74. The topological polar surface area (TPSA) is 33.1 Å². The van der Waals surface area contributed by atoms with E-state index in [1.807, 2.05) is 19.1 Å². The minimum atomic E-state index is -0.835. The van der Waals surface area contributed by atoms with Crippen LogP contribution in [0.3, 0.4) is 0 Å². The van der Waals surface area contributed by atoms with Crippen molar-refractivity contribution in [2.45, 2.75) is 19.4 Å². The van der Waals surface area contributed by atoms with Gasteiger partial charge in [-0.1, -0.05) is 17.7 Å². The molecule has 0 saturated heterocycles. The van der Waals surface area contributed by atoms with Crippen LogP contribution in [0.25, 0.3) is 0 Å². The molecule has 1 N–H and O–H groups in total. The molecule has 2 nitrogen and oxygen atoms in total. The molecule has 2 aromatic rings. The van der Waals surface area contributed by atoms with Crippen molar-refractivity contribution >= 4 is 11.6 Å². The number of aryl methyl sites for hydroxylation is 1. The van der Waals surface area contributed by atoms with Crippen molar-refractivity contribution in [3.05, 3.63) is 64.2 Å². The van der Waals surface area contributed by atoms with Gasteiger partial charge in [-0.2, -0.15) is 0 Å². The number of aliphatic hydroxyl groups is 1. The monoisotopic (exact) mass is 265 g/mol. The molecule has 0 spiro atoms. The van der Waals surface area contributed by atoms with Gasteiger partial charge in [0.1, 0.15) is 11.9 Å². The van der Waals surface area contributed by atoms with Crippen LogP contribution < -0.4 is 0 Å². The zero-order valence-corrected chi connectivity index (χ0v) is 10.7. The Labute approximate surface area is 110 Å². The third-order valence-corrected chi connectivity index (χ3v) is 2.91. The number of rotatable bonds is 3. The highest BCUT2D eigenvalue weighted by Crippen LogP contribution is 2.21. The molecule has 0 aliphatic heterocycles. The van der Waals surface area contributed by atoms with Gasteiger partial charge in [0.25, 0.3) is 0 Å². The fourth-order valence-corrected chi connectivity index (χ4v) is 1.96. The number of pyridine rings is 1. The standard InChI is InChI=1S/C14H13ClFNO/c1-9-3-2-4-13(17-9)14(18)8-10-7-11(15)5-6-12(10)16/h2-7,14,18H,8H2,1H3. The van der Waals surface area contributed by atoms with E-state index in [1.54, 1.807) is 6.07 Å². The molecule has 0 aliphatic carbocycles. The van der Waals surface area contributed by atoms with Crippen molar-refractivity contribution in [3.63, 3.8) is 0 Å². The van der Waals surface area contributed by atoms with E-state index in [0.717, 1.165) is 5.69 Å². The first kappa shape index (κ1) is 13.0. The van der Waals surface area contributed by atoms with Crippen molar-refractivity contribution in [2.24, 2.45) is 0 Å². The van der Waals surface area contributed by atoms with Crippen molar-refractivity contribution < 1.29 is 9.50 Å². The van der Waals surface area contributed by atoms with Crippen LogP contribution in [0.2, 0.25) is 5.02 Å². The smallest absolute Gasteiger partial charge is 0.126 e. The fourth-order valence-electron chi connectivity index (χ4n) is 1.76. The SMILES string of the molecule is Cc1cccc(C(O)Cc2cc(Cl)ccc2F)n1. The molecule has 2 rings (SSSR count). The van der Waals surface area contributed by atoms with Crippen molar-refractivity contribution in [1.82, 2.24) is 4.98 Å². The van der Waals surface area contributed by atoms with E-state index in [-0.39, 0.29) is 12.2 Å². The highest BCUT2D eigenvalue weighted by Gasteiger charge is 2.13. The predicted octanol–water partition coefficient (Wildman–Crippen LogP) is 3.46. The molecular weight excluding hydrogens is 253 g/mol. The summed E-state index contributed by atoms with van der Waals surface area (Å²) in [4.78, 5) is 4.22. The lowest BCUT2D eigenvalue weighted by molar-refractivity contribution is 0.172. The third kappa shape index (κ3) is 3.06. The van der Waals surface area contributed by atoms with Crippen LogP contribution in [0.1, 0.15) is 23.1 Å². The minimum absolute atomic E-state index is 0.156. The molecule has 1 aromatic heterocycles. The van der Waals surface area contributed by atoms with Gasteiger partial charge < -0.3 is 5.11 Å². The van der Waals surface area contributed by atoms with Gasteiger partial charge in [0.2, 0.25) is 0 Å². The summed E-state index contributed by atoms with van der Waals surface area (Å²) in [6.07, 6.45) is -0.680. The minimum Gasteiger partial charge on any atom is -0.386 e. The molecule has 94 valence electrons. The van der Waals surface area contributed by atoms with Gasteiger partial charge in [-0.15, -0.1) is 0 Å². The quantitative estimate of drug-likeness (QED) is 0.922. The first-order chi connectivity index (χ1) is 8.56. The van der Waals surface area contributed by atoms with Crippen LogP contribution in [-0.2, 0) is 6.42 Å². The van der Waals surface area contributed by atoms with Crippen molar-refractivity contribution in [3.8, 4) is 0 Å². The summed E-state index contributed by atoms with van der Waals surface area (Å²) in [6, 6.07) is 9.69. The van der Waals surface area contributed by atoms with E-state index in [2.05, 4.69) is 4.98 Å². The van der Waals surface area contributed by atoms with Crippen LogP contribution >= 0.6 is 11.6 Å². The Hall–Kier alpha value is -1.45. The summed E-state index contributed by atoms with van der Waals surface area (Å²) < 4.78 is 13.5. The van der Waals surface area contributed by atoms with Crippen LogP contribution in [-0.4, -0.2) is 10.1 Å². The van der Waals surface area contributed by atoms with Crippen LogP contribution in [0.5, 0.6) is 0 Å². The lowest BCUT2D eigenvalue weighted by Crippen LogP contribution is -2.06. The molecule has 1 heterocycles. The molecule has 0 bridgehead atoms. The van der Waals surface area contributed by atoms with Gasteiger partial charge in [0.05, 0.1) is 5.69 Å². The molecule has 1 aromatic carbocycles. The lowest BCUT2D eigenvalue weighted by atomic mass is 10.0. The zero-order chi connectivity index (χ0) is 13.1.